The van der Waals surface area contributed by atoms with Crippen molar-refractivity contribution < 1.29 is 8.42 Å². The van der Waals surface area contributed by atoms with Crippen LogP contribution in [0.5, 0.6) is 0 Å². The van der Waals surface area contributed by atoms with Gasteiger partial charge in [-0.2, -0.15) is 0 Å². The number of sulfone groups is 1. The molecule has 0 amide bonds. The number of hydrogen-bond acceptors (Lipinski definition) is 3. The van der Waals surface area contributed by atoms with Crippen LogP contribution in [0.2, 0.25) is 0 Å². The molecule has 2 aromatic carbocycles. The lowest BCUT2D eigenvalue weighted by molar-refractivity contribution is 0.574. The van der Waals surface area contributed by atoms with Crippen molar-refractivity contribution in [3.8, 4) is 0 Å². The average molecular weight is 303 g/mol. The van der Waals surface area contributed by atoms with Gasteiger partial charge in [0.15, 0.2) is 9.84 Å². The Labute approximate surface area is 126 Å². The molecule has 4 heteroatoms. The Bertz CT molecular complexity index is 689. The molecule has 0 radical (unpaired) electrons. The summed E-state index contributed by atoms with van der Waals surface area (Å²) in [4.78, 5) is 0.370. The van der Waals surface area contributed by atoms with Gasteiger partial charge in [-0.3, -0.25) is 0 Å². The van der Waals surface area contributed by atoms with Crippen LogP contribution in [0.25, 0.3) is 0 Å². The van der Waals surface area contributed by atoms with Gasteiger partial charge in [0.05, 0.1) is 10.6 Å². The van der Waals surface area contributed by atoms with Crippen molar-refractivity contribution in [1.29, 1.82) is 0 Å². The molecule has 0 saturated carbocycles. The molecule has 21 heavy (non-hydrogen) atoms. The van der Waals surface area contributed by atoms with Gasteiger partial charge in [-0.25, -0.2) is 8.42 Å². The summed E-state index contributed by atoms with van der Waals surface area (Å²) in [5.41, 5.74) is 3.29. The maximum atomic E-state index is 12.5. The molecular formula is C17H21NO2S. The van der Waals surface area contributed by atoms with Gasteiger partial charge >= 0.3 is 0 Å². The third-order valence-electron chi connectivity index (χ3n) is 3.48. The van der Waals surface area contributed by atoms with Gasteiger partial charge in [0.25, 0.3) is 0 Å². The number of rotatable bonds is 5. The maximum Gasteiger partial charge on any atom is 0.180 e. The highest BCUT2D eigenvalue weighted by Gasteiger charge is 2.21. The van der Waals surface area contributed by atoms with Crippen molar-refractivity contribution in [2.75, 3.05) is 12.8 Å². The molecule has 0 aromatic heterocycles. The molecule has 3 nitrogen and oxygen atoms in total. The Balaban J connectivity index is 2.31. The highest BCUT2D eigenvalue weighted by Crippen LogP contribution is 2.21. The highest BCUT2D eigenvalue weighted by atomic mass is 32.2. The van der Waals surface area contributed by atoms with Gasteiger partial charge in [-0.05, 0) is 38.6 Å². The average Bonchev–Trinajstić information content (AvgIpc) is 2.44. The lowest BCUT2D eigenvalue weighted by Crippen LogP contribution is -2.25. The van der Waals surface area contributed by atoms with Gasteiger partial charge in [-0.1, -0.05) is 47.5 Å². The first-order chi connectivity index (χ1) is 9.92. The van der Waals surface area contributed by atoms with E-state index in [1.807, 2.05) is 32.0 Å². The molecule has 1 atom stereocenters. The van der Waals surface area contributed by atoms with Crippen LogP contribution in [0.1, 0.15) is 22.7 Å². The third-order valence-corrected chi connectivity index (χ3v) is 5.25. The zero-order valence-corrected chi connectivity index (χ0v) is 13.4. The fraction of sp³-hybridized carbons (Fsp3) is 0.294. The minimum absolute atomic E-state index is 0.0520. The normalized spacial score (nSPS) is 13.1. The summed E-state index contributed by atoms with van der Waals surface area (Å²) in [6, 6.07) is 14.5. The molecular weight excluding hydrogens is 282 g/mol. The van der Waals surface area contributed by atoms with Gasteiger partial charge in [0.2, 0.25) is 0 Å². The number of nitrogens with one attached hydrogen (secondary N) is 1. The van der Waals surface area contributed by atoms with Gasteiger partial charge in [-0.15, -0.1) is 0 Å². The van der Waals surface area contributed by atoms with Gasteiger partial charge in [0.1, 0.15) is 0 Å². The highest BCUT2D eigenvalue weighted by molar-refractivity contribution is 7.91. The van der Waals surface area contributed by atoms with Gasteiger partial charge in [0, 0.05) is 6.04 Å². The second-order valence-corrected chi connectivity index (χ2v) is 7.39. The first-order valence-corrected chi connectivity index (χ1v) is 8.61. The molecule has 2 rings (SSSR count). The second kappa shape index (κ2) is 6.41. The first-order valence-electron chi connectivity index (χ1n) is 6.95. The van der Waals surface area contributed by atoms with Crippen LogP contribution in [-0.4, -0.2) is 21.2 Å². The van der Waals surface area contributed by atoms with Gasteiger partial charge < -0.3 is 5.32 Å². The molecule has 1 N–H and O–H groups in total. The van der Waals surface area contributed by atoms with Crippen molar-refractivity contribution >= 4 is 9.84 Å². The molecule has 2 aromatic rings. The van der Waals surface area contributed by atoms with E-state index < -0.39 is 9.84 Å². The maximum absolute atomic E-state index is 12.5. The summed E-state index contributed by atoms with van der Waals surface area (Å²) in [6.07, 6.45) is 0. The minimum atomic E-state index is -3.31. The predicted molar refractivity (Wildman–Crippen MR) is 86.2 cm³/mol. The van der Waals surface area contributed by atoms with Crippen molar-refractivity contribution in [2.45, 2.75) is 24.8 Å². The topological polar surface area (TPSA) is 46.2 Å². The summed E-state index contributed by atoms with van der Waals surface area (Å²) in [5.74, 6) is 0.0520. The standard InChI is InChI=1S/C17H21NO2S/c1-13-9-14(2)11-15(10-13)17(18-3)12-21(19,20)16-7-5-4-6-8-16/h4-11,17-18H,12H2,1-3H3. The Morgan fingerprint density at radius 1 is 1.00 bits per heavy atom. The fourth-order valence-corrected chi connectivity index (χ4v) is 4.06. The first kappa shape index (κ1) is 15.7. The van der Waals surface area contributed by atoms with E-state index in [9.17, 15) is 8.42 Å². The van der Waals surface area contributed by atoms with Crippen LogP contribution in [0.3, 0.4) is 0 Å². The van der Waals surface area contributed by atoms with Crippen LogP contribution in [0, 0.1) is 13.8 Å². The molecule has 0 aliphatic carbocycles. The van der Waals surface area contributed by atoms with Crippen LogP contribution < -0.4 is 5.32 Å². The monoisotopic (exact) mass is 303 g/mol. The third kappa shape index (κ3) is 3.93. The van der Waals surface area contributed by atoms with E-state index in [0.29, 0.717) is 4.90 Å². The summed E-state index contributed by atoms with van der Waals surface area (Å²) in [6.45, 7) is 4.05. The molecule has 1 unspecified atom stereocenters. The number of hydrogen-bond donors (Lipinski definition) is 1. The molecule has 0 aliphatic heterocycles. The zero-order chi connectivity index (χ0) is 15.5. The lowest BCUT2D eigenvalue weighted by Gasteiger charge is -2.18. The SMILES string of the molecule is CNC(CS(=O)(=O)c1ccccc1)c1cc(C)cc(C)c1. The van der Waals surface area contributed by atoms with Crippen LogP contribution in [0.4, 0.5) is 0 Å². The molecule has 0 bridgehead atoms. The Hall–Kier alpha value is -1.65. The summed E-state index contributed by atoms with van der Waals surface area (Å²) in [7, 11) is -1.51. The summed E-state index contributed by atoms with van der Waals surface area (Å²) in [5, 5.41) is 3.12. The molecule has 0 saturated heterocycles. The molecule has 112 valence electrons. The summed E-state index contributed by atoms with van der Waals surface area (Å²) < 4.78 is 25.0. The minimum Gasteiger partial charge on any atom is -0.312 e. The van der Waals surface area contributed by atoms with E-state index in [0.717, 1.165) is 16.7 Å². The second-order valence-electron chi connectivity index (χ2n) is 5.36. The smallest absolute Gasteiger partial charge is 0.180 e. The van der Waals surface area contributed by atoms with Crippen LogP contribution >= 0.6 is 0 Å². The molecule has 0 heterocycles. The van der Waals surface area contributed by atoms with E-state index in [1.165, 1.54) is 0 Å². The largest absolute Gasteiger partial charge is 0.312 e. The fourth-order valence-electron chi connectivity index (χ4n) is 2.50. The van der Waals surface area contributed by atoms with E-state index in [1.54, 1.807) is 31.3 Å². The van der Waals surface area contributed by atoms with E-state index in [4.69, 9.17) is 0 Å². The quantitative estimate of drug-likeness (QED) is 0.923. The van der Waals surface area contributed by atoms with Crippen molar-refractivity contribution in [3.63, 3.8) is 0 Å². The lowest BCUT2D eigenvalue weighted by atomic mass is 10.0. The van der Waals surface area contributed by atoms with Crippen molar-refractivity contribution in [3.05, 3.63) is 65.2 Å². The van der Waals surface area contributed by atoms with Crippen LogP contribution in [-0.2, 0) is 9.84 Å². The Kier molecular flexibility index (Phi) is 4.80. The molecule has 0 spiro atoms. The van der Waals surface area contributed by atoms with Crippen molar-refractivity contribution in [2.24, 2.45) is 0 Å². The molecule has 0 fully saturated rings. The van der Waals surface area contributed by atoms with Crippen molar-refractivity contribution in [1.82, 2.24) is 5.32 Å². The Morgan fingerprint density at radius 2 is 1.57 bits per heavy atom. The molecule has 0 aliphatic rings. The van der Waals surface area contributed by atoms with Crippen LogP contribution in [0.15, 0.2) is 53.4 Å². The summed E-state index contributed by atoms with van der Waals surface area (Å²) >= 11 is 0. The zero-order valence-electron chi connectivity index (χ0n) is 12.6. The Morgan fingerprint density at radius 3 is 2.10 bits per heavy atom. The van der Waals surface area contributed by atoms with E-state index in [-0.39, 0.29) is 11.8 Å². The van der Waals surface area contributed by atoms with E-state index in [2.05, 4.69) is 11.4 Å². The van der Waals surface area contributed by atoms with E-state index >= 15 is 0 Å². The number of aryl methyl sites for hydroxylation is 2. The number of benzene rings is 2. The predicted octanol–water partition coefficient (Wildman–Crippen LogP) is 3.04.